The Kier molecular flexibility index (Phi) is 10.8. The number of azide groups is 1. The first-order valence-corrected chi connectivity index (χ1v) is 7.87. The Morgan fingerprint density at radius 2 is 1.81 bits per heavy atom. The molecule has 0 unspecified atom stereocenters. The largest absolute Gasteiger partial charge is 0.441 e. The van der Waals surface area contributed by atoms with Gasteiger partial charge in [-0.1, -0.05) is 5.11 Å². The van der Waals surface area contributed by atoms with E-state index in [-0.39, 0.29) is 26.4 Å². The number of ether oxygens (including phenoxy) is 5. The number of aliphatic hydroxyl groups is 3. The lowest BCUT2D eigenvalue weighted by molar-refractivity contribution is -0.301. The molecule has 13 nitrogen and oxygen atoms in total. The Labute approximate surface area is 149 Å². The number of primary amides is 1. The second-order valence-corrected chi connectivity index (χ2v) is 5.16. The number of nitrogens with two attached hydrogens (primary N) is 1. The van der Waals surface area contributed by atoms with Crippen LogP contribution in [0, 0.1) is 0 Å². The molecule has 1 aliphatic rings. The van der Waals surface area contributed by atoms with Crippen LogP contribution in [0.4, 0.5) is 4.79 Å². The molecule has 0 aromatic rings. The summed E-state index contributed by atoms with van der Waals surface area (Å²) >= 11 is 0. The monoisotopic (exact) mass is 380 g/mol. The van der Waals surface area contributed by atoms with E-state index in [1.165, 1.54) is 0 Å². The average Bonchev–Trinajstić information content (AvgIpc) is 2.62. The van der Waals surface area contributed by atoms with Gasteiger partial charge in [0.15, 0.2) is 12.4 Å². The van der Waals surface area contributed by atoms with Crippen LogP contribution in [0.15, 0.2) is 5.11 Å². The maximum absolute atomic E-state index is 10.8. The van der Waals surface area contributed by atoms with Crippen LogP contribution in [-0.4, -0.2) is 98.3 Å². The molecule has 1 fully saturated rings. The SMILES string of the molecule is [N-]=[N+]=NCCOCCOCCO[C@H]1O[C@H](CO)[C@@H](OC(N)=O)[C@H](O)[C@@H]1O. The minimum Gasteiger partial charge on any atom is -0.441 e. The lowest BCUT2D eigenvalue weighted by Gasteiger charge is -2.40. The Morgan fingerprint density at radius 3 is 2.42 bits per heavy atom. The van der Waals surface area contributed by atoms with Crippen LogP contribution in [0.3, 0.4) is 0 Å². The summed E-state index contributed by atoms with van der Waals surface area (Å²) in [5, 5.41) is 32.5. The summed E-state index contributed by atoms with van der Waals surface area (Å²) in [6.45, 7) is 0.739. The highest BCUT2D eigenvalue weighted by Gasteiger charge is 2.46. The van der Waals surface area contributed by atoms with E-state index in [1.807, 2.05) is 0 Å². The first-order valence-electron chi connectivity index (χ1n) is 7.87. The average molecular weight is 380 g/mol. The molecule has 1 saturated heterocycles. The fourth-order valence-electron chi connectivity index (χ4n) is 2.17. The molecule has 0 aromatic carbocycles. The van der Waals surface area contributed by atoms with Crippen LogP contribution in [0.25, 0.3) is 10.4 Å². The van der Waals surface area contributed by atoms with Crippen LogP contribution in [-0.2, 0) is 23.7 Å². The second-order valence-electron chi connectivity index (χ2n) is 5.16. The zero-order valence-corrected chi connectivity index (χ0v) is 14.0. The maximum Gasteiger partial charge on any atom is 0.404 e. The molecule has 1 rings (SSSR count). The number of hydrogen-bond donors (Lipinski definition) is 4. The summed E-state index contributed by atoms with van der Waals surface area (Å²) in [5.74, 6) is 0. The number of rotatable bonds is 12. The minimum atomic E-state index is -1.54. The smallest absolute Gasteiger partial charge is 0.404 e. The molecule has 5 atom stereocenters. The van der Waals surface area contributed by atoms with Crippen molar-refractivity contribution >= 4 is 6.09 Å². The zero-order valence-electron chi connectivity index (χ0n) is 14.0. The summed E-state index contributed by atoms with van der Waals surface area (Å²) in [7, 11) is 0. The Bertz CT molecular complexity index is 461. The third-order valence-corrected chi connectivity index (χ3v) is 3.35. The number of nitrogens with zero attached hydrogens (tertiary/aromatic N) is 3. The second kappa shape index (κ2) is 12.6. The molecule has 0 bridgehead atoms. The molecule has 1 aliphatic heterocycles. The number of amides is 1. The van der Waals surface area contributed by atoms with Crippen molar-refractivity contribution in [3.8, 4) is 0 Å². The third-order valence-electron chi connectivity index (χ3n) is 3.35. The van der Waals surface area contributed by atoms with Gasteiger partial charge < -0.3 is 44.7 Å². The molecule has 0 aromatic heterocycles. The Morgan fingerprint density at radius 1 is 1.15 bits per heavy atom. The highest BCUT2D eigenvalue weighted by atomic mass is 16.7. The van der Waals surface area contributed by atoms with E-state index in [9.17, 15) is 20.1 Å². The van der Waals surface area contributed by atoms with Gasteiger partial charge in [-0.2, -0.15) is 0 Å². The molecule has 26 heavy (non-hydrogen) atoms. The van der Waals surface area contributed by atoms with E-state index in [1.54, 1.807) is 0 Å². The third kappa shape index (κ3) is 7.68. The van der Waals surface area contributed by atoms with Gasteiger partial charge in [-0.3, -0.25) is 0 Å². The summed E-state index contributed by atoms with van der Waals surface area (Å²) < 4.78 is 25.6. The van der Waals surface area contributed by atoms with Crippen molar-refractivity contribution in [3.63, 3.8) is 0 Å². The van der Waals surface area contributed by atoms with Gasteiger partial charge in [-0.25, -0.2) is 4.79 Å². The predicted octanol–water partition coefficient (Wildman–Crippen LogP) is -1.75. The van der Waals surface area contributed by atoms with Crippen molar-refractivity contribution in [1.29, 1.82) is 0 Å². The molecule has 0 saturated carbocycles. The lowest BCUT2D eigenvalue weighted by atomic mass is 9.99. The van der Waals surface area contributed by atoms with E-state index in [2.05, 4.69) is 14.8 Å². The first kappa shape index (κ1) is 22.3. The van der Waals surface area contributed by atoms with Crippen molar-refractivity contribution in [3.05, 3.63) is 10.4 Å². The number of carbonyl (C=O) groups excluding carboxylic acids is 1. The molecule has 1 amide bonds. The first-order chi connectivity index (χ1) is 12.5. The van der Waals surface area contributed by atoms with Gasteiger partial charge >= 0.3 is 6.09 Å². The molecule has 0 spiro atoms. The van der Waals surface area contributed by atoms with Crippen LogP contribution < -0.4 is 5.73 Å². The van der Waals surface area contributed by atoms with Crippen LogP contribution in [0.1, 0.15) is 0 Å². The van der Waals surface area contributed by atoms with E-state index < -0.39 is 43.4 Å². The highest BCUT2D eigenvalue weighted by molar-refractivity contribution is 5.65. The van der Waals surface area contributed by atoms with E-state index >= 15 is 0 Å². The molecule has 0 aliphatic carbocycles. The topological polar surface area (TPSA) is 199 Å². The van der Waals surface area contributed by atoms with E-state index in [0.717, 1.165) is 0 Å². The highest BCUT2D eigenvalue weighted by Crippen LogP contribution is 2.24. The molecular formula is C13H24N4O9. The Balaban J connectivity index is 2.24. The molecule has 150 valence electrons. The molecule has 1 heterocycles. The fourth-order valence-corrected chi connectivity index (χ4v) is 2.17. The van der Waals surface area contributed by atoms with Gasteiger partial charge in [-0.15, -0.1) is 0 Å². The van der Waals surface area contributed by atoms with Gasteiger partial charge in [0.05, 0.1) is 39.6 Å². The maximum atomic E-state index is 10.8. The molecule has 5 N–H and O–H groups in total. The zero-order chi connectivity index (χ0) is 19.4. The summed E-state index contributed by atoms with van der Waals surface area (Å²) in [6, 6.07) is 0. The quantitative estimate of drug-likeness (QED) is 0.131. The van der Waals surface area contributed by atoms with Gasteiger partial charge in [0, 0.05) is 11.5 Å². The van der Waals surface area contributed by atoms with Gasteiger partial charge in [-0.05, 0) is 5.53 Å². The normalized spacial score (nSPS) is 28.3. The summed E-state index contributed by atoms with van der Waals surface area (Å²) in [6.07, 6.45) is -7.87. The number of carbonyl (C=O) groups is 1. The standard InChI is InChI=1S/C13H24N4O9/c14-13(21)26-11-8(7-18)25-12(10(20)9(11)19)24-6-5-23-4-3-22-2-1-16-17-15/h8-12,18-20H,1-7H2,(H2,14,21)/t8-,9-,10+,11-,12+/m1/s1. The number of hydrogen-bond acceptors (Lipinski definition) is 10. The van der Waals surface area contributed by atoms with Crippen molar-refractivity contribution in [2.75, 3.05) is 46.2 Å². The van der Waals surface area contributed by atoms with Gasteiger partial charge in [0.25, 0.3) is 0 Å². The van der Waals surface area contributed by atoms with E-state index in [0.29, 0.717) is 13.2 Å². The van der Waals surface area contributed by atoms with E-state index in [4.69, 9.17) is 30.2 Å². The van der Waals surface area contributed by atoms with Crippen LogP contribution in [0.2, 0.25) is 0 Å². The van der Waals surface area contributed by atoms with Crippen LogP contribution >= 0.6 is 0 Å². The van der Waals surface area contributed by atoms with Crippen molar-refractivity contribution < 1.29 is 43.8 Å². The lowest BCUT2D eigenvalue weighted by Crippen LogP contribution is -2.60. The van der Waals surface area contributed by atoms with Gasteiger partial charge in [0.2, 0.25) is 0 Å². The molecule has 0 radical (unpaired) electrons. The minimum absolute atomic E-state index is 0.0344. The number of aliphatic hydroxyl groups excluding tert-OH is 3. The van der Waals surface area contributed by atoms with Crippen molar-refractivity contribution in [2.24, 2.45) is 10.8 Å². The predicted molar refractivity (Wildman–Crippen MR) is 83.8 cm³/mol. The van der Waals surface area contributed by atoms with Gasteiger partial charge in [0.1, 0.15) is 18.3 Å². The molecular weight excluding hydrogens is 356 g/mol. The van der Waals surface area contributed by atoms with Crippen molar-refractivity contribution in [1.82, 2.24) is 0 Å². The molecule has 13 heteroatoms. The summed E-state index contributed by atoms with van der Waals surface area (Å²) in [5.41, 5.74) is 13.0. The fraction of sp³-hybridized carbons (Fsp3) is 0.923. The Hall–Kier alpha value is -1.70. The summed E-state index contributed by atoms with van der Waals surface area (Å²) in [4.78, 5) is 13.4. The van der Waals surface area contributed by atoms with Crippen LogP contribution in [0.5, 0.6) is 0 Å². The van der Waals surface area contributed by atoms with Crippen molar-refractivity contribution in [2.45, 2.75) is 30.7 Å².